The third-order valence-electron chi connectivity index (χ3n) is 6.19. The van der Waals surface area contributed by atoms with E-state index in [2.05, 4.69) is 10.6 Å². The molecule has 0 radical (unpaired) electrons. The summed E-state index contributed by atoms with van der Waals surface area (Å²) in [6.45, 7) is 4.67. The second-order valence-electron chi connectivity index (χ2n) is 8.77. The highest BCUT2D eigenvalue weighted by molar-refractivity contribution is 5.90. The van der Waals surface area contributed by atoms with Crippen LogP contribution in [0, 0.1) is 12.7 Å². The zero-order valence-electron chi connectivity index (χ0n) is 20.3. The number of ether oxygens (including phenoxy) is 1. The Kier molecular flexibility index (Phi) is 7.68. The number of para-hydroxylation sites is 1. The Hall–Kier alpha value is -4.14. The number of benzene rings is 2. The molecule has 0 bridgehead atoms. The number of carbonyl (C=O) groups is 3. The summed E-state index contributed by atoms with van der Waals surface area (Å²) in [6, 6.07) is 12.5. The van der Waals surface area contributed by atoms with Crippen molar-refractivity contribution < 1.29 is 23.5 Å². The van der Waals surface area contributed by atoms with Gasteiger partial charge in [0.1, 0.15) is 11.9 Å². The lowest BCUT2D eigenvalue weighted by Crippen LogP contribution is -2.33. The molecule has 188 valence electrons. The van der Waals surface area contributed by atoms with Crippen molar-refractivity contribution in [2.45, 2.75) is 26.4 Å². The number of anilines is 2. The van der Waals surface area contributed by atoms with Crippen LogP contribution in [0.25, 0.3) is 5.57 Å². The predicted octanol–water partition coefficient (Wildman–Crippen LogP) is 3.84. The normalized spacial score (nSPS) is 17.7. The van der Waals surface area contributed by atoms with E-state index in [1.54, 1.807) is 23.2 Å². The fourth-order valence-corrected chi connectivity index (χ4v) is 4.19. The van der Waals surface area contributed by atoms with Gasteiger partial charge in [0.15, 0.2) is 0 Å². The maximum absolute atomic E-state index is 15.0. The molecule has 3 amide bonds. The SMILES string of the molecule is CC(=O)NC[C@H]1CN(c2ccc(C3=CCN(C(=O)C=CNc4ccccc4C)CC3)c(F)c2)C(=O)O1. The van der Waals surface area contributed by atoms with Gasteiger partial charge in [-0.2, -0.15) is 0 Å². The quantitative estimate of drug-likeness (QED) is 0.574. The fraction of sp³-hybridized carbons (Fsp3) is 0.296. The monoisotopic (exact) mass is 492 g/mol. The van der Waals surface area contributed by atoms with E-state index in [1.165, 1.54) is 24.0 Å². The van der Waals surface area contributed by atoms with Crippen molar-refractivity contribution >= 4 is 34.9 Å². The molecule has 0 saturated carbocycles. The number of amides is 3. The lowest BCUT2D eigenvalue weighted by atomic mass is 9.98. The van der Waals surface area contributed by atoms with Crippen molar-refractivity contribution in [2.75, 3.05) is 36.4 Å². The van der Waals surface area contributed by atoms with Crippen LogP contribution in [0.3, 0.4) is 0 Å². The van der Waals surface area contributed by atoms with Crippen LogP contribution in [0.15, 0.2) is 60.8 Å². The number of aryl methyl sites for hydroxylation is 1. The van der Waals surface area contributed by atoms with Gasteiger partial charge in [0.05, 0.1) is 18.8 Å². The summed E-state index contributed by atoms with van der Waals surface area (Å²) >= 11 is 0. The summed E-state index contributed by atoms with van der Waals surface area (Å²) < 4.78 is 20.3. The summed E-state index contributed by atoms with van der Waals surface area (Å²) in [7, 11) is 0. The van der Waals surface area contributed by atoms with Gasteiger partial charge in [0.2, 0.25) is 11.8 Å². The van der Waals surface area contributed by atoms with Gasteiger partial charge in [-0.1, -0.05) is 24.3 Å². The third kappa shape index (κ3) is 5.91. The van der Waals surface area contributed by atoms with Gasteiger partial charge >= 0.3 is 6.09 Å². The Morgan fingerprint density at radius 1 is 1.22 bits per heavy atom. The zero-order chi connectivity index (χ0) is 25.7. The first kappa shape index (κ1) is 25.0. The molecule has 1 fully saturated rings. The fourth-order valence-electron chi connectivity index (χ4n) is 4.19. The van der Waals surface area contributed by atoms with Crippen LogP contribution in [0.5, 0.6) is 0 Å². The average Bonchev–Trinajstić information content (AvgIpc) is 3.24. The highest BCUT2D eigenvalue weighted by atomic mass is 19.1. The second kappa shape index (κ2) is 11.1. The summed E-state index contributed by atoms with van der Waals surface area (Å²) in [5, 5.41) is 5.74. The number of halogens is 1. The van der Waals surface area contributed by atoms with Crippen molar-refractivity contribution in [1.29, 1.82) is 0 Å². The lowest BCUT2D eigenvalue weighted by molar-refractivity contribution is -0.125. The van der Waals surface area contributed by atoms with E-state index in [1.807, 2.05) is 37.3 Å². The molecular weight excluding hydrogens is 463 g/mol. The first-order valence-corrected chi connectivity index (χ1v) is 11.8. The van der Waals surface area contributed by atoms with Crippen molar-refractivity contribution in [3.05, 3.63) is 77.8 Å². The van der Waals surface area contributed by atoms with Gasteiger partial charge in [-0.3, -0.25) is 14.5 Å². The maximum Gasteiger partial charge on any atom is 0.414 e. The summed E-state index contributed by atoms with van der Waals surface area (Å²) in [5.74, 6) is -0.779. The first-order chi connectivity index (χ1) is 17.3. The number of rotatable bonds is 7. The summed E-state index contributed by atoms with van der Waals surface area (Å²) in [6.07, 6.45) is 4.44. The molecule has 4 rings (SSSR count). The second-order valence-corrected chi connectivity index (χ2v) is 8.77. The smallest absolute Gasteiger partial charge is 0.414 e. The van der Waals surface area contributed by atoms with Crippen molar-refractivity contribution in [1.82, 2.24) is 10.2 Å². The highest BCUT2D eigenvalue weighted by Gasteiger charge is 2.33. The van der Waals surface area contributed by atoms with E-state index in [0.29, 0.717) is 30.8 Å². The minimum absolute atomic E-state index is 0.122. The Balaban J connectivity index is 1.35. The van der Waals surface area contributed by atoms with E-state index < -0.39 is 18.0 Å². The maximum atomic E-state index is 15.0. The molecule has 2 aliphatic rings. The van der Waals surface area contributed by atoms with Crippen LogP contribution in [0.1, 0.15) is 24.5 Å². The molecule has 0 unspecified atom stereocenters. The van der Waals surface area contributed by atoms with Gasteiger partial charge in [0, 0.05) is 43.5 Å². The largest absolute Gasteiger partial charge is 0.442 e. The number of hydrogen-bond donors (Lipinski definition) is 2. The van der Waals surface area contributed by atoms with E-state index in [4.69, 9.17) is 4.74 Å². The van der Waals surface area contributed by atoms with E-state index in [9.17, 15) is 14.4 Å². The topological polar surface area (TPSA) is 91.0 Å². The van der Waals surface area contributed by atoms with Crippen LogP contribution in [0.2, 0.25) is 0 Å². The molecule has 2 heterocycles. The molecule has 8 nitrogen and oxygen atoms in total. The van der Waals surface area contributed by atoms with Gasteiger partial charge in [-0.05, 0) is 48.7 Å². The number of carbonyl (C=O) groups excluding carboxylic acids is 3. The summed E-state index contributed by atoms with van der Waals surface area (Å²) in [4.78, 5) is 38.9. The van der Waals surface area contributed by atoms with Gasteiger partial charge in [-0.25, -0.2) is 9.18 Å². The van der Waals surface area contributed by atoms with Crippen LogP contribution in [-0.2, 0) is 14.3 Å². The minimum Gasteiger partial charge on any atom is -0.442 e. The minimum atomic E-state index is -0.575. The number of nitrogens with one attached hydrogen (secondary N) is 2. The molecular formula is C27H29FN4O4. The standard InChI is InChI=1S/C27H29FN4O4/c1-18-5-3-4-6-25(18)29-12-9-26(34)31-13-10-20(11-14-31)23-8-7-21(15-24(23)28)32-17-22(36-27(32)35)16-30-19(2)33/h3-10,12,15,22,29H,11,13-14,16-17H2,1-2H3,(H,30,33)/t22-/m0/s1. The molecule has 1 atom stereocenters. The lowest BCUT2D eigenvalue weighted by Gasteiger charge is -2.26. The molecule has 2 aliphatic heterocycles. The van der Waals surface area contributed by atoms with Crippen molar-refractivity contribution in [2.24, 2.45) is 0 Å². The summed E-state index contributed by atoms with van der Waals surface area (Å²) in [5.41, 5.74) is 3.68. The Bertz CT molecular complexity index is 1230. The molecule has 2 aromatic rings. The van der Waals surface area contributed by atoms with Gasteiger partial charge in [0.25, 0.3) is 0 Å². The molecule has 9 heteroatoms. The predicted molar refractivity (Wildman–Crippen MR) is 136 cm³/mol. The Morgan fingerprint density at radius 3 is 2.72 bits per heavy atom. The van der Waals surface area contributed by atoms with Gasteiger partial charge < -0.3 is 20.3 Å². The van der Waals surface area contributed by atoms with Crippen molar-refractivity contribution in [3.8, 4) is 0 Å². The van der Waals surface area contributed by atoms with Crippen molar-refractivity contribution in [3.63, 3.8) is 0 Å². The van der Waals surface area contributed by atoms with E-state index in [0.717, 1.165) is 16.8 Å². The third-order valence-corrected chi connectivity index (χ3v) is 6.19. The molecule has 36 heavy (non-hydrogen) atoms. The highest BCUT2D eigenvalue weighted by Crippen LogP contribution is 2.29. The number of hydrogen-bond acceptors (Lipinski definition) is 5. The molecule has 0 aliphatic carbocycles. The van der Waals surface area contributed by atoms with Crippen LogP contribution in [-0.4, -0.2) is 55.1 Å². The Morgan fingerprint density at radius 2 is 2.03 bits per heavy atom. The van der Waals surface area contributed by atoms with E-state index in [-0.39, 0.29) is 24.9 Å². The molecule has 0 aromatic heterocycles. The zero-order valence-corrected chi connectivity index (χ0v) is 20.3. The van der Waals surface area contributed by atoms with Crippen LogP contribution in [0.4, 0.5) is 20.6 Å². The Labute approximate surface area is 209 Å². The van der Waals surface area contributed by atoms with Crippen LogP contribution < -0.4 is 15.5 Å². The molecule has 0 spiro atoms. The average molecular weight is 493 g/mol. The van der Waals surface area contributed by atoms with Gasteiger partial charge in [-0.15, -0.1) is 0 Å². The number of cyclic esters (lactones) is 1. The number of nitrogens with zero attached hydrogens (tertiary/aromatic N) is 2. The molecule has 2 N–H and O–H groups in total. The van der Waals surface area contributed by atoms with Crippen LogP contribution >= 0.6 is 0 Å². The molecule has 2 aromatic carbocycles. The first-order valence-electron chi connectivity index (χ1n) is 11.8. The van der Waals surface area contributed by atoms with E-state index >= 15 is 4.39 Å². The molecule has 1 saturated heterocycles.